The number of nitro benzene ring substituents is 1. The van der Waals surface area contributed by atoms with Crippen molar-refractivity contribution in [2.45, 2.75) is 13.1 Å². The zero-order valence-corrected chi connectivity index (χ0v) is 12.2. The minimum atomic E-state index is -4.84. The van der Waals surface area contributed by atoms with E-state index in [2.05, 4.69) is 0 Å². The SMILES string of the molecule is Cc1cc(F)ccc1Oc1cc(Cl)c(C(F)(F)F)cc1[N+](=O)[O-]. The Balaban J connectivity index is 2.54. The molecule has 0 aliphatic rings. The van der Waals surface area contributed by atoms with Gasteiger partial charge in [0.1, 0.15) is 11.6 Å². The summed E-state index contributed by atoms with van der Waals surface area (Å²) in [5.41, 5.74) is -1.92. The minimum absolute atomic E-state index is 0.0605. The third kappa shape index (κ3) is 3.70. The lowest BCUT2D eigenvalue weighted by Crippen LogP contribution is -2.07. The number of alkyl halides is 3. The third-order valence-corrected chi connectivity index (χ3v) is 3.22. The van der Waals surface area contributed by atoms with Gasteiger partial charge in [-0.1, -0.05) is 11.6 Å². The number of rotatable bonds is 3. The average molecular weight is 350 g/mol. The van der Waals surface area contributed by atoms with Crippen LogP contribution in [0.2, 0.25) is 5.02 Å². The Kier molecular flexibility index (Phi) is 4.46. The van der Waals surface area contributed by atoms with Crippen LogP contribution < -0.4 is 4.74 Å². The van der Waals surface area contributed by atoms with Gasteiger partial charge in [-0.2, -0.15) is 13.2 Å². The predicted molar refractivity (Wildman–Crippen MR) is 74.3 cm³/mol. The van der Waals surface area contributed by atoms with Crippen molar-refractivity contribution in [3.8, 4) is 11.5 Å². The second kappa shape index (κ2) is 6.04. The topological polar surface area (TPSA) is 52.4 Å². The highest BCUT2D eigenvalue weighted by molar-refractivity contribution is 6.31. The Morgan fingerprint density at radius 1 is 1.17 bits per heavy atom. The Morgan fingerprint density at radius 2 is 1.83 bits per heavy atom. The third-order valence-electron chi connectivity index (χ3n) is 2.91. The molecule has 2 aromatic rings. The Labute approximate surface area is 132 Å². The molecular formula is C14H8ClF4NO3. The molecule has 0 aliphatic heterocycles. The second-order valence-electron chi connectivity index (χ2n) is 4.57. The summed E-state index contributed by atoms with van der Waals surface area (Å²) >= 11 is 5.54. The molecule has 0 saturated heterocycles. The largest absolute Gasteiger partial charge is 0.450 e. The number of nitrogens with zero attached hydrogens (tertiary/aromatic N) is 1. The van der Waals surface area contributed by atoms with E-state index < -0.39 is 38.9 Å². The van der Waals surface area contributed by atoms with E-state index >= 15 is 0 Å². The van der Waals surface area contributed by atoms with Crippen LogP contribution in [0.1, 0.15) is 11.1 Å². The van der Waals surface area contributed by atoms with Crippen LogP contribution >= 0.6 is 11.6 Å². The molecule has 23 heavy (non-hydrogen) atoms. The van der Waals surface area contributed by atoms with Crippen LogP contribution in [0.3, 0.4) is 0 Å². The van der Waals surface area contributed by atoms with Crippen LogP contribution in [0.25, 0.3) is 0 Å². The quantitative estimate of drug-likeness (QED) is 0.417. The van der Waals surface area contributed by atoms with E-state index in [1.807, 2.05) is 0 Å². The van der Waals surface area contributed by atoms with Crippen molar-refractivity contribution in [1.29, 1.82) is 0 Å². The molecule has 0 radical (unpaired) electrons. The highest BCUT2D eigenvalue weighted by Gasteiger charge is 2.36. The van der Waals surface area contributed by atoms with Crippen molar-refractivity contribution in [2.75, 3.05) is 0 Å². The van der Waals surface area contributed by atoms with Gasteiger partial charge >= 0.3 is 11.9 Å². The standard InChI is InChI=1S/C14H8ClF4NO3/c1-7-4-8(16)2-3-12(7)23-13-6-10(15)9(14(17,18)19)5-11(13)20(21)22/h2-6H,1H3. The van der Waals surface area contributed by atoms with Crippen LogP contribution in [0.15, 0.2) is 30.3 Å². The highest BCUT2D eigenvalue weighted by Crippen LogP contribution is 2.42. The first-order chi connectivity index (χ1) is 10.6. The summed E-state index contributed by atoms with van der Waals surface area (Å²) in [5, 5.41) is 10.3. The van der Waals surface area contributed by atoms with E-state index in [1.165, 1.54) is 13.0 Å². The van der Waals surface area contributed by atoms with Gasteiger partial charge in [0.05, 0.1) is 15.5 Å². The van der Waals surface area contributed by atoms with Crippen molar-refractivity contribution in [3.63, 3.8) is 0 Å². The number of halogens is 5. The van der Waals surface area contributed by atoms with Crippen LogP contribution in [-0.4, -0.2) is 4.92 Å². The van der Waals surface area contributed by atoms with E-state index in [4.69, 9.17) is 16.3 Å². The number of aryl methyl sites for hydroxylation is 1. The monoisotopic (exact) mass is 349 g/mol. The van der Waals surface area contributed by atoms with Gasteiger partial charge in [-0.25, -0.2) is 4.39 Å². The fraction of sp³-hybridized carbons (Fsp3) is 0.143. The summed E-state index contributed by atoms with van der Waals surface area (Å²) in [4.78, 5) is 9.98. The summed E-state index contributed by atoms with van der Waals surface area (Å²) < 4.78 is 56.6. The van der Waals surface area contributed by atoms with Crippen molar-refractivity contribution in [2.24, 2.45) is 0 Å². The molecule has 4 nitrogen and oxygen atoms in total. The zero-order chi connectivity index (χ0) is 17.4. The van der Waals surface area contributed by atoms with Crippen LogP contribution in [-0.2, 0) is 6.18 Å². The molecule has 0 saturated carbocycles. The molecule has 0 amide bonds. The molecule has 2 rings (SSSR count). The fourth-order valence-electron chi connectivity index (χ4n) is 1.83. The Bertz CT molecular complexity index is 777. The highest BCUT2D eigenvalue weighted by atomic mass is 35.5. The average Bonchev–Trinajstić information content (AvgIpc) is 2.40. The molecule has 0 heterocycles. The zero-order valence-electron chi connectivity index (χ0n) is 11.4. The smallest absolute Gasteiger partial charge is 0.418 e. The molecule has 0 aromatic heterocycles. The first-order valence-electron chi connectivity index (χ1n) is 6.08. The molecular weight excluding hydrogens is 342 g/mol. The molecule has 9 heteroatoms. The lowest BCUT2D eigenvalue weighted by Gasteiger charge is -2.13. The molecule has 2 aromatic carbocycles. The van der Waals surface area contributed by atoms with Crippen LogP contribution in [0.4, 0.5) is 23.2 Å². The maximum absolute atomic E-state index is 13.0. The fourth-order valence-corrected chi connectivity index (χ4v) is 2.09. The lowest BCUT2D eigenvalue weighted by atomic mass is 10.1. The molecule has 0 spiro atoms. The molecule has 0 atom stereocenters. The van der Waals surface area contributed by atoms with Gasteiger partial charge in [0.25, 0.3) is 0 Å². The van der Waals surface area contributed by atoms with E-state index in [0.717, 1.165) is 12.1 Å². The van der Waals surface area contributed by atoms with Gasteiger partial charge in [-0.05, 0) is 30.7 Å². The predicted octanol–water partition coefficient (Wildman–Crippen LogP) is 5.51. The summed E-state index contributed by atoms with van der Waals surface area (Å²) in [6.07, 6.45) is -4.84. The Morgan fingerprint density at radius 3 is 2.35 bits per heavy atom. The summed E-state index contributed by atoms with van der Waals surface area (Å²) in [5.74, 6) is -0.956. The molecule has 0 unspecified atom stereocenters. The van der Waals surface area contributed by atoms with Gasteiger partial charge < -0.3 is 4.74 Å². The van der Waals surface area contributed by atoms with Crippen molar-refractivity contribution >= 4 is 17.3 Å². The molecule has 0 aliphatic carbocycles. The van der Waals surface area contributed by atoms with E-state index in [1.54, 1.807) is 0 Å². The van der Waals surface area contributed by atoms with Crippen LogP contribution in [0.5, 0.6) is 11.5 Å². The number of ether oxygens (including phenoxy) is 1. The molecule has 122 valence electrons. The van der Waals surface area contributed by atoms with Crippen LogP contribution in [0, 0.1) is 22.9 Å². The normalized spacial score (nSPS) is 11.4. The van der Waals surface area contributed by atoms with E-state index in [-0.39, 0.29) is 5.75 Å². The second-order valence-corrected chi connectivity index (χ2v) is 4.97. The summed E-state index contributed by atoms with van der Waals surface area (Å²) in [6.45, 7) is 1.48. The first kappa shape index (κ1) is 17.0. The number of hydrogen-bond acceptors (Lipinski definition) is 3. The molecule has 0 N–H and O–H groups in total. The van der Waals surface area contributed by atoms with Crippen molar-refractivity contribution < 1.29 is 27.2 Å². The Hall–Kier alpha value is -2.35. The maximum atomic E-state index is 13.0. The van der Waals surface area contributed by atoms with Crippen molar-refractivity contribution in [3.05, 3.63) is 62.4 Å². The van der Waals surface area contributed by atoms with Gasteiger partial charge in [0.15, 0.2) is 0 Å². The van der Waals surface area contributed by atoms with Gasteiger partial charge in [0, 0.05) is 12.1 Å². The lowest BCUT2D eigenvalue weighted by molar-refractivity contribution is -0.385. The van der Waals surface area contributed by atoms with Gasteiger partial charge in [-0.3, -0.25) is 10.1 Å². The van der Waals surface area contributed by atoms with E-state index in [0.29, 0.717) is 17.7 Å². The molecule has 0 fully saturated rings. The number of benzene rings is 2. The first-order valence-corrected chi connectivity index (χ1v) is 6.46. The van der Waals surface area contributed by atoms with Gasteiger partial charge in [0.2, 0.25) is 5.75 Å². The van der Waals surface area contributed by atoms with Crippen molar-refractivity contribution in [1.82, 2.24) is 0 Å². The maximum Gasteiger partial charge on any atom is 0.418 e. The van der Waals surface area contributed by atoms with E-state index in [9.17, 15) is 27.7 Å². The number of nitro groups is 1. The summed E-state index contributed by atoms with van der Waals surface area (Å²) in [6, 6.07) is 4.40. The summed E-state index contributed by atoms with van der Waals surface area (Å²) in [7, 11) is 0. The number of hydrogen-bond donors (Lipinski definition) is 0. The van der Waals surface area contributed by atoms with Gasteiger partial charge in [-0.15, -0.1) is 0 Å². The molecule has 0 bridgehead atoms. The minimum Gasteiger partial charge on any atom is -0.450 e.